The molecular formula is C14H20BrNO3S. The minimum absolute atomic E-state index is 0.0709. The van der Waals surface area contributed by atoms with Crippen LogP contribution in [0.5, 0.6) is 5.75 Å². The topological polar surface area (TPSA) is 46.6 Å². The summed E-state index contributed by atoms with van der Waals surface area (Å²) in [5.41, 5.74) is 2.24. The lowest BCUT2D eigenvalue weighted by atomic mass is 10.1. The summed E-state index contributed by atoms with van der Waals surface area (Å²) in [6.07, 6.45) is 2.91. The molecule has 1 saturated heterocycles. The van der Waals surface area contributed by atoms with Gasteiger partial charge in [0.25, 0.3) is 0 Å². The van der Waals surface area contributed by atoms with Gasteiger partial charge in [0.15, 0.2) is 0 Å². The average Bonchev–Trinajstić information content (AvgIpc) is 2.35. The first kappa shape index (κ1) is 15.8. The predicted molar refractivity (Wildman–Crippen MR) is 83.7 cm³/mol. The lowest BCUT2D eigenvalue weighted by molar-refractivity contribution is 0.130. The van der Waals surface area contributed by atoms with Gasteiger partial charge in [0, 0.05) is 11.0 Å². The zero-order chi connectivity index (χ0) is 14.9. The van der Waals surface area contributed by atoms with Crippen molar-refractivity contribution in [2.24, 2.45) is 0 Å². The van der Waals surface area contributed by atoms with E-state index in [1.807, 2.05) is 26.0 Å². The number of hydrogen-bond donors (Lipinski definition) is 0. The number of hydrogen-bond acceptors (Lipinski definition) is 3. The Labute approximate surface area is 129 Å². The van der Waals surface area contributed by atoms with Crippen LogP contribution in [0.2, 0.25) is 0 Å². The molecule has 0 amide bonds. The van der Waals surface area contributed by atoms with Gasteiger partial charge in [0.2, 0.25) is 10.0 Å². The van der Waals surface area contributed by atoms with Crippen molar-refractivity contribution in [3.8, 4) is 5.75 Å². The van der Waals surface area contributed by atoms with Crippen molar-refractivity contribution < 1.29 is 13.2 Å². The minimum atomic E-state index is -3.13. The Balaban J connectivity index is 2.10. The second-order valence-electron chi connectivity index (χ2n) is 5.37. The van der Waals surface area contributed by atoms with E-state index in [-0.39, 0.29) is 6.10 Å². The number of sulfonamides is 1. The number of halogens is 1. The highest BCUT2D eigenvalue weighted by atomic mass is 79.9. The largest absolute Gasteiger partial charge is 0.489 e. The number of nitrogens with zero attached hydrogens (tertiary/aromatic N) is 1. The molecule has 1 aromatic carbocycles. The number of aryl methyl sites for hydroxylation is 2. The van der Waals surface area contributed by atoms with Gasteiger partial charge in [0.05, 0.1) is 12.8 Å². The van der Waals surface area contributed by atoms with Crippen LogP contribution in [-0.4, -0.2) is 38.2 Å². The van der Waals surface area contributed by atoms with Crippen LogP contribution in [0, 0.1) is 13.8 Å². The van der Waals surface area contributed by atoms with E-state index in [0.29, 0.717) is 13.1 Å². The fourth-order valence-corrected chi connectivity index (χ4v) is 3.60. The molecule has 0 bridgehead atoms. The normalized spacial score (nSPS) is 20.9. The van der Waals surface area contributed by atoms with E-state index < -0.39 is 10.0 Å². The molecule has 112 valence electrons. The van der Waals surface area contributed by atoms with Gasteiger partial charge in [-0.05, 0) is 49.9 Å². The van der Waals surface area contributed by atoms with Crippen LogP contribution in [0.25, 0.3) is 0 Å². The molecule has 0 spiro atoms. The Hall–Kier alpha value is -0.590. The van der Waals surface area contributed by atoms with E-state index in [4.69, 9.17) is 4.74 Å². The molecule has 1 fully saturated rings. The molecule has 1 aliphatic rings. The number of benzene rings is 1. The van der Waals surface area contributed by atoms with Crippen LogP contribution in [0.4, 0.5) is 0 Å². The molecule has 4 nitrogen and oxygen atoms in total. The standard InChI is InChI=1S/C14H20BrNO3S/c1-10-7-13(8-11(2)14(10)15)19-12-5-4-6-16(9-12)20(3,17)18/h7-8,12H,4-6,9H2,1-3H3/t12-/m0/s1. The third-order valence-corrected chi connectivity index (χ3v) is 6.04. The average molecular weight is 362 g/mol. The predicted octanol–water partition coefficient (Wildman–Crippen LogP) is 2.87. The lowest BCUT2D eigenvalue weighted by Crippen LogP contribution is -2.43. The van der Waals surface area contributed by atoms with Gasteiger partial charge >= 0.3 is 0 Å². The Morgan fingerprint density at radius 3 is 2.45 bits per heavy atom. The first-order valence-corrected chi connectivity index (χ1v) is 9.30. The molecule has 2 rings (SSSR count). The monoisotopic (exact) mass is 361 g/mol. The van der Waals surface area contributed by atoms with Crippen molar-refractivity contribution in [3.05, 3.63) is 27.7 Å². The van der Waals surface area contributed by atoms with E-state index in [2.05, 4.69) is 15.9 Å². The number of rotatable bonds is 3. The molecule has 0 unspecified atom stereocenters. The summed E-state index contributed by atoms with van der Waals surface area (Å²) in [6.45, 7) is 5.07. The highest BCUT2D eigenvalue weighted by Gasteiger charge is 2.27. The molecule has 0 aromatic heterocycles. The number of ether oxygens (including phenoxy) is 1. The first-order valence-electron chi connectivity index (χ1n) is 6.66. The third kappa shape index (κ3) is 3.74. The van der Waals surface area contributed by atoms with Crippen molar-refractivity contribution in [1.82, 2.24) is 4.31 Å². The quantitative estimate of drug-likeness (QED) is 0.831. The van der Waals surface area contributed by atoms with Crippen molar-refractivity contribution in [1.29, 1.82) is 0 Å². The Morgan fingerprint density at radius 1 is 1.30 bits per heavy atom. The van der Waals surface area contributed by atoms with Gasteiger partial charge in [-0.1, -0.05) is 15.9 Å². The Morgan fingerprint density at radius 2 is 1.90 bits per heavy atom. The molecule has 20 heavy (non-hydrogen) atoms. The molecule has 1 aromatic rings. The van der Waals surface area contributed by atoms with Crippen LogP contribution in [0.3, 0.4) is 0 Å². The molecule has 0 saturated carbocycles. The summed E-state index contributed by atoms with van der Waals surface area (Å²) in [5.74, 6) is 0.809. The molecule has 6 heteroatoms. The maximum Gasteiger partial charge on any atom is 0.211 e. The van der Waals surface area contributed by atoms with Crippen molar-refractivity contribution in [3.63, 3.8) is 0 Å². The van der Waals surface area contributed by atoms with Crippen LogP contribution >= 0.6 is 15.9 Å². The summed E-state index contributed by atoms with van der Waals surface area (Å²) in [6, 6.07) is 3.97. The molecule has 1 heterocycles. The zero-order valence-corrected chi connectivity index (χ0v) is 14.4. The second-order valence-corrected chi connectivity index (χ2v) is 8.15. The van der Waals surface area contributed by atoms with Crippen molar-refractivity contribution in [2.45, 2.75) is 32.8 Å². The molecule has 0 aliphatic carbocycles. The van der Waals surface area contributed by atoms with Crippen LogP contribution < -0.4 is 4.74 Å². The van der Waals surface area contributed by atoms with Crippen molar-refractivity contribution >= 4 is 26.0 Å². The Kier molecular flexibility index (Phi) is 4.76. The lowest BCUT2D eigenvalue weighted by Gasteiger charge is -2.31. The summed E-state index contributed by atoms with van der Waals surface area (Å²) in [5, 5.41) is 0. The highest BCUT2D eigenvalue weighted by Crippen LogP contribution is 2.28. The maximum absolute atomic E-state index is 11.6. The molecule has 0 radical (unpaired) electrons. The van der Waals surface area contributed by atoms with E-state index in [1.165, 1.54) is 10.6 Å². The highest BCUT2D eigenvalue weighted by molar-refractivity contribution is 9.10. The summed E-state index contributed by atoms with van der Waals surface area (Å²) >= 11 is 3.53. The molecule has 1 atom stereocenters. The van der Waals surface area contributed by atoms with Crippen molar-refractivity contribution in [2.75, 3.05) is 19.3 Å². The maximum atomic E-state index is 11.6. The van der Waals surface area contributed by atoms with E-state index in [9.17, 15) is 8.42 Å². The smallest absolute Gasteiger partial charge is 0.211 e. The summed E-state index contributed by atoms with van der Waals surface area (Å²) in [7, 11) is -3.13. The summed E-state index contributed by atoms with van der Waals surface area (Å²) in [4.78, 5) is 0. The minimum Gasteiger partial charge on any atom is -0.489 e. The van der Waals surface area contributed by atoms with E-state index in [1.54, 1.807) is 0 Å². The number of piperidine rings is 1. The van der Waals surface area contributed by atoms with E-state index in [0.717, 1.165) is 34.2 Å². The first-order chi connectivity index (χ1) is 9.27. The summed E-state index contributed by atoms with van der Waals surface area (Å²) < 4.78 is 31.8. The van der Waals surface area contributed by atoms with Crippen LogP contribution in [-0.2, 0) is 10.0 Å². The molecule has 0 N–H and O–H groups in total. The fourth-order valence-electron chi connectivity index (χ4n) is 2.47. The van der Waals surface area contributed by atoms with Gasteiger partial charge < -0.3 is 4.74 Å². The van der Waals surface area contributed by atoms with Gasteiger partial charge in [-0.3, -0.25) is 0 Å². The molecular weight excluding hydrogens is 342 g/mol. The van der Waals surface area contributed by atoms with Crippen LogP contribution in [0.1, 0.15) is 24.0 Å². The van der Waals surface area contributed by atoms with Crippen LogP contribution in [0.15, 0.2) is 16.6 Å². The fraction of sp³-hybridized carbons (Fsp3) is 0.571. The van der Waals surface area contributed by atoms with E-state index >= 15 is 0 Å². The van der Waals surface area contributed by atoms with Gasteiger partial charge in [0.1, 0.15) is 11.9 Å². The van der Waals surface area contributed by atoms with Gasteiger partial charge in [-0.25, -0.2) is 8.42 Å². The second kappa shape index (κ2) is 6.03. The zero-order valence-electron chi connectivity index (χ0n) is 12.0. The van der Waals surface area contributed by atoms with Gasteiger partial charge in [-0.2, -0.15) is 4.31 Å². The SMILES string of the molecule is Cc1cc(O[C@H]2CCCN(S(C)(=O)=O)C2)cc(C)c1Br. The third-order valence-electron chi connectivity index (χ3n) is 3.52. The molecule has 1 aliphatic heterocycles. The van der Waals surface area contributed by atoms with Gasteiger partial charge in [-0.15, -0.1) is 0 Å². The Bertz CT molecular complexity index is 577.